The molecule has 1 N–H and O–H groups in total. The molecule has 3 rings (SSSR count). The van der Waals surface area contributed by atoms with Crippen molar-refractivity contribution in [3.63, 3.8) is 0 Å². The van der Waals surface area contributed by atoms with E-state index < -0.39 is 0 Å². The van der Waals surface area contributed by atoms with Gasteiger partial charge in [-0.25, -0.2) is 0 Å². The van der Waals surface area contributed by atoms with Crippen LogP contribution in [0.25, 0.3) is 0 Å². The number of hydrogen-bond acceptors (Lipinski definition) is 2. The first-order valence-electron chi connectivity index (χ1n) is 6.05. The van der Waals surface area contributed by atoms with Crippen LogP contribution < -0.4 is 5.32 Å². The molecule has 3 nitrogen and oxygen atoms in total. The van der Waals surface area contributed by atoms with Crippen LogP contribution in [0.5, 0.6) is 0 Å². The van der Waals surface area contributed by atoms with Crippen LogP contribution in [0.15, 0.2) is 24.4 Å². The van der Waals surface area contributed by atoms with E-state index in [1.54, 1.807) is 0 Å². The Kier molecular flexibility index (Phi) is 2.39. The topological polar surface area (TPSA) is 42.0 Å². The highest BCUT2D eigenvalue weighted by atomic mass is 16.2. The lowest BCUT2D eigenvalue weighted by Gasteiger charge is -2.32. The van der Waals surface area contributed by atoms with Crippen LogP contribution in [0.1, 0.15) is 37.3 Å². The van der Waals surface area contributed by atoms with Crippen LogP contribution in [0.4, 0.5) is 0 Å². The lowest BCUT2D eigenvalue weighted by Crippen LogP contribution is -2.38. The maximum Gasteiger partial charge on any atom is 0.220 e. The molecular formula is C13H16N2O. The highest BCUT2D eigenvalue weighted by molar-refractivity contribution is 5.79. The fourth-order valence-electron chi connectivity index (χ4n) is 3.15. The average molecular weight is 216 g/mol. The van der Waals surface area contributed by atoms with Crippen molar-refractivity contribution in [1.82, 2.24) is 10.3 Å². The molecule has 84 valence electrons. The Bertz CT molecular complexity index is 390. The van der Waals surface area contributed by atoms with E-state index in [1.807, 2.05) is 18.3 Å². The monoisotopic (exact) mass is 216 g/mol. The molecule has 0 radical (unpaired) electrons. The number of pyridine rings is 1. The van der Waals surface area contributed by atoms with Gasteiger partial charge in [0.2, 0.25) is 5.91 Å². The van der Waals surface area contributed by atoms with Crippen LogP contribution >= 0.6 is 0 Å². The molecule has 1 amide bonds. The summed E-state index contributed by atoms with van der Waals surface area (Å²) in [5.41, 5.74) is 1.14. The molecular weight excluding hydrogens is 200 g/mol. The molecule has 1 saturated heterocycles. The van der Waals surface area contributed by atoms with E-state index in [0.29, 0.717) is 24.3 Å². The van der Waals surface area contributed by atoms with E-state index in [-0.39, 0.29) is 5.91 Å². The highest BCUT2D eigenvalue weighted by Crippen LogP contribution is 2.39. The summed E-state index contributed by atoms with van der Waals surface area (Å²) in [4.78, 5) is 15.9. The number of carbonyl (C=O) groups is 1. The quantitative estimate of drug-likeness (QED) is 0.778. The third kappa shape index (κ3) is 1.60. The van der Waals surface area contributed by atoms with Crippen LogP contribution in [0.3, 0.4) is 0 Å². The largest absolute Gasteiger partial charge is 0.352 e. The molecule has 16 heavy (non-hydrogen) atoms. The van der Waals surface area contributed by atoms with Crippen molar-refractivity contribution >= 4 is 5.91 Å². The molecule has 0 bridgehead atoms. The Balaban J connectivity index is 1.87. The fourth-order valence-corrected chi connectivity index (χ4v) is 3.15. The van der Waals surface area contributed by atoms with Gasteiger partial charge in [0.25, 0.3) is 0 Å². The van der Waals surface area contributed by atoms with Crippen LogP contribution in [0, 0.1) is 5.92 Å². The molecule has 3 atom stereocenters. The van der Waals surface area contributed by atoms with Crippen LogP contribution in [-0.4, -0.2) is 16.9 Å². The van der Waals surface area contributed by atoms with Gasteiger partial charge in [0.1, 0.15) is 0 Å². The van der Waals surface area contributed by atoms with Crippen molar-refractivity contribution in [2.45, 2.75) is 37.6 Å². The number of nitrogens with zero attached hydrogens (tertiary/aromatic N) is 1. The molecule has 0 aromatic carbocycles. The average Bonchev–Trinajstić information content (AvgIpc) is 2.70. The van der Waals surface area contributed by atoms with Gasteiger partial charge in [0.05, 0.1) is 0 Å². The van der Waals surface area contributed by atoms with Gasteiger partial charge in [0, 0.05) is 30.3 Å². The zero-order chi connectivity index (χ0) is 11.0. The first-order valence-corrected chi connectivity index (χ1v) is 6.05. The highest BCUT2D eigenvalue weighted by Gasteiger charge is 2.40. The van der Waals surface area contributed by atoms with E-state index in [1.165, 1.54) is 12.8 Å². The predicted molar refractivity (Wildman–Crippen MR) is 60.9 cm³/mol. The molecule has 1 aromatic heterocycles. The summed E-state index contributed by atoms with van der Waals surface area (Å²) in [6.45, 7) is 0. The molecule has 1 aliphatic carbocycles. The summed E-state index contributed by atoms with van der Waals surface area (Å²) >= 11 is 0. The van der Waals surface area contributed by atoms with E-state index >= 15 is 0 Å². The minimum absolute atomic E-state index is 0.220. The number of aromatic nitrogens is 1. The van der Waals surface area contributed by atoms with Crippen molar-refractivity contribution < 1.29 is 4.79 Å². The Morgan fingerprint density at radius 2 is 2.25 bits per heavy atom. The molecule has 0 spiro atoms. The van der Waals surface area contributed by atoms with E-state index in [2.05, 4.69) is 16.4 Å². The Labute approximate surface area is 95.3 Å². The second-order valence-corrected chi connectivity index (χ2v) is 4.85. The van der Waals surface area contributed by atoms with Crippen LogP contribution in [-0.2, 0) is 4.79 Å². The Morgan fingerprint density at radius 1 is 1.31 bits per heavy atom. The van der Waals surface area contributed by atoms with Crippen LogP contribution in [0.2, 0.25) is 0 Å². The van der Waals surface area contributed by atoms with E-state index in [4.69, 9.17) is 0 Å². The first-order chi connectivity index (χ1) is 7.84. The van der Waals surface area contributed by atoms with Crippen molar-refractivity contribution in [1.29, 1.82) is 0 Å². The van der Waals surface area contributed by atoms with Gasteiger partial charge in [-0.15, -0.1) is 0 Å². The second kappa shape index (κ2) is 3.89. The predicted octanol–water partition coefficient (Wildman–Crippen LogP) is 1.85. The molecule has 1 unspecified atom stereocenters. The summed E-state index contributed by atoms with van der Waals surface area (Å²) in [6.07, 6.45) is 6.12. The number of amides is 1. The van der Waals surface area contributed by atoms with Crippen molar-refractivity contribution in [2.75, 3.05) is 0 Å². The first kappa shape index (κ1) is 9.82. The summed E-state index contributed by atoms with van der Waals surface area (Å²) in [7, 11) is 0. The third-order valence-electron chi connectivity index (χ3n) is 3.87. The van der Waals surface area contributed by atoms with Gasteiger partial charge in [-0.3, -0.25) is 9.78 Å². The molecule has 2 aliphatic rings. The maximum absolute atomic E-state index is 11.5. The molecule has 2 heterocycles. The smallest absolute Gasteiger partial charge is 0.220 e. The normalized spacial score (nSPS) is 33.2. The third-order valence-corrected chi connectivity index (χ3v) is 3.87. The summed E-state index contributed by atoms with van der Waals surface area (Å²) in [5, 5.41) is 3.13. The molecule has 1 saturated carbocycles. The fraction of sp³-hybridized carbons (Fsp3) is 0.538. The zero-order valence-corrected chi connectivity index (χ0v) is 9.23. The zero-order valence-electron chi connectivity index (χ0n) is 9.23. The SMILES string of the molecule is O=C1CC2CCC[C@H](c3ccccn3)[C@@H]2N1. The van der Waals surface area contributed by atoms with Crippen molar-refractivity contribution in [3.05, 3.63) is 30.1 Å². The standard InChI is InChI=1S/C13H16N2O/c16-12-8-9-4-3-5-10(13(9)15-12)11-6-1-2-7-14-11/h1-2,6-7,9-10,13H,3-5,8H2,(H,15,16)/t9?,10-,13-/m1/s1. The van der Waals surface area contributed by atoms with Gasteiger partial charge in [-0.2, -0.15) is 0 Å². The van der Waals surface area contributed by atoms with Gasteiger partial charge >= 0.3 is 0 Å². The number of rotatable bonds is 1. The lowest BCUT2D eigenvalue weighted by molar-refractivity contribution is -0.119. The number of nitrogens with one attached hydrogen (secondary N) is 1. The summed E-state index contributed by atoms with van der Waals surface area (Å²) in [5.74, 6) is 1.18. The van der Waals surface area contributed by atoms with Gasteiger partial charge in [-0.05, 0) is 30.9 Å². The number of hydrogen-bond donors (Lipinski definition) is 1. The molecule has 1 aliphatic heterocycles. The minimum atomic E-state index is 0.220. The summed E-state index contributed by atoms with van der Waals surface area (Å²) in [6, 6.07) is 6.38. The number of carbonyl (C=O) groups excluding carboxylic acids is 1. The molecule has 1 aromatic rings. The van der Waals surface area contributed by atoms with E-state index in [0.717, 1.165) is 12.1 Å². The Hall–Kier alpha value is -1.38. The van der Waals surface area contributed by atoms with Gasteiger partial charge in [-0.1, -0.05) is 12.5 Å². The van der Waals surface area contributed by atoms with Crippen molar-refractivity contribution in [3.8, 4) is 0 Å². The lowest BCUT2D eigenvalue weighted by atomic mass is 9.76. The van der Waals surface area contributed by atoms with E-state index in [9.17, 15) is 4.79 Å². The Morgan fingerprint density at radius 3 is 3.06 bits per heavy atom. The maximum atomic E-state index is 11.5. The van der Waals surface area contributed by atoms with Gasteiger partial charge in [0.15, 0.2) is 0 Å². The van der Waals surface area contributed by atoms with Crippen molar-refractivity contribution in [2.24, 2.45) is 5.92 Å². The second-order valence-electron chi connectivity index (χ2n) is 4.85. The number of fused-ring (bicyclic) bond motifs is 1. The molecule has 3 heteroatoms. The van der Waals surface area contributed by atoms with Gasteiger partial charge < -0.3 is 5.32 Å². The minimum Gasteiger partial charge on any atom is -0.352 e. The summed E-state index contributed by atoms with van der Waals surface area (Å²) < 4.78 is 0. The molecule has 2 fully saturated rings.